The van der Waals surface area contributed by atoms with Crippen molar-refractivity contribution in [2.75, 3.05) is 94.6 Å². The normalized spacial score (nSPS) is 19.3. The number of allylic oxidation sites excluding steroid dienone is 1. The Balaban J connectivity index is 0.658. The molecule has 6 atom stereocenters. The molecule has 29 heteroatoms. The van der Waals surface area contributed by atoms with E-state index < -0.39 is 82.3 Å². The van der Waals surface area contributed by atoms with E-state index in [1.54, 1.807) is 23.5 Å². The van der Waals surface area contributed by atoms with Crippen molar-refractivity contribution in [3.8, 4) is 10.4 Å². The van der Waals surface area contributed by atoms with Gasteiger partial charge < -0.3 is 40.9 Å². The number of anilines is 2. The zero-order valence-electron chi connectivity index (χ0n) is 62.8. The molecule has 0 spiro atoms. The molecule has 3 saturated heterocycles. The molecular formula is C80H102ClF3N10O11S4. The summed E-state index contributed by atoms with van der Waals surface area (Å²) >= 11 is 9.36. The molecule has 1 unspecified atom stereocenters. The molecule has 5 aromatic carbocycles. The minimum Gasteiger partial charge on any atom is -0.391 e. The van der Waals surface area contributed by atoms with Crippen molar-refractivity contribution < 1.29 is 63.8 Å². The van der Waals surface area contributed by atoms with Crippen molar-refractivity contribution in [3.63, 3.8) is 0 Å². The third-order valence-corrected chi connectivity index (χ3v) is 26.1. The molecule has 0 radical (unpaired) electrons. The van der Waals surface area contributed by atoms with E-state index >= 15 is 0 Å². The van der Waals surface area contributed by atoms with Crippen LogP contribution in [0.5, 0.6) is 0 Å². The number of alkyl halides is 3. The number of rotatable bonds is 33. The zero-order chi connectivity index (χ0) is 78.3. The maximum absolute atomic E-state index is 14.4. The molecular weight excluding hydrogens is 1500 g/mol. The lowest BCUT2D eigenvalue weighted by Crippen LogP contribution is -2.57. The molecule has 3 aliphatic heterocycles. The number of benzene rings is 5. The highest BCUT2D eigenvalue weighted by atomic mass is 35.5. The number of amides is 5. The average molecular weight is 1600 g/mol. The van der Waals surface area contributed by atoms with Gasteiger partial charge in [-0.3, -0.25) is 33.8 Å². The topological polar surface area (TPSA) is 269 Å². The van der Waals surface area contributed by atoms with Crippen molar-refractivity contribution in [2.45, 2.75) is 175 Å². The number of nitrogens with one attached hydrogen (secondary N) is 5. The highest BCUT2D eigenvalue weighted by molar-refractivity contribution is 7.99. The zero-order valence-corrected chi connectivity index (χ0v) is 66.8. The summed E-state index contributed by atoms with van der Waals surface area (Å²) in [7, 11) is -11.0. The van der Waals surface area contributed by atoms with Gasteiger partial charge in [0.15, 0.2) is 0 Å². The number of β-amino-alcohol motifs (C(OH)–C–C–N with tert-alkyl or cyclic N) is 1. The first-order valence-corrected chi connectivity index (χ1v) is 42.7. The van der Waals surface area contributed by atoms with E-state index in [0.717, 1.165) is 101 Å². The summed E-state index contributed by atoms with van der Waals surface area (Å²) in [5.41, 5.74) is 1.98. The summed E-state index contributed by atoms with van der Waals surface area (Å²) in [5, 5.41) is 23.7. The van der Waals surface area contributed by atoms with Crippen LogP contribution in [0.2, 0.25) is 5.02 Å². The first-order valence-electron chi connectivity index (χ1n) is 37.5. The Labute approximate surface area is 652 Å². The number of morpholine rings is 1. The number of unbranched alkanes of at least 4 members (excludes halogenated alkanes) is 5. The monoisotopic (exact) mass is 1600 g/mol. The maximum Gasteiger partial charge on any atom is 0.501 e. The molecule has 0 bridgehead atoms. The van der Waals surface area contributed by atoms with E-state index in [9.17, 15) is 59.1 Å². The number of piperazine rings is 1. The Hall–Kier alpha value is -7.41. The van der Waals surface area contributed by atoms with Gasteiger partial charge in [0.2, 0.25) is 23.6 Å². The fourth-order valence-electron chi connectivity index (χ4n) is 14.5. The molecule has 6 aromatic rings. The second-order valence-corrected chi connectivity index (χ2v) is 36.4. The lowest BCUT2D eigenvalue weighted by atomic mass is 9.71. The van der Waals surface area contributed by atoms with Gasteiger partial charge in [-0.15, -0.1) is 23.1 Å². The van der Waals surface area contributed by atoms with Crippen LogP contribution in [-0.4, -0.2) is 185 Å². The fourth-order valence-corrected chi connectivity index (χ4v) is 18.4. The van der Waals surface area contributed by atoms with Crippen LogP contribution in [0.4, 0.5) is 24.5 Å². The number of nitrogens with zero attached hydrogens (tertiary/aromatic N) is 5. The lowest BCUT2D eigenvalue weighted by molar-refractivity contribution is -0.144. The Morgan fingerprint density at radius 3 is 2.08 bits per heavy atom. The molecule has 1 aromatic heterocycles. The number of ether oxygens (including phenoxy) is 1. The highest BCUT2D eigenvalue weighted by Gasteiger charge is 2.49. The quantitative estimate of drug-likeness (QED) is 0.0165. The van der Waals surface area contributed by atoms with Crippen molar-refractivity contribution >= 4 is 101 Å². The molecule has 10 rings (SSSR count). The lowest BCUT2D eigenvalue weighted by Gasteiger charge is -2.41. The number of carbonyl (C=O) groups excluding carboxylic acids is 5. The standard InChI is InChI=1S/C80H102ClF3N10O11S4/c1-54(56-20-22-58(23-21-56)73-55(2)86-53-107-73)87-76(99)69-46-64(95)50-94(69)77(100)74(78(3,4)5)89-72(97)19-15-10-8-7-9-14-18-71(96)85-52-79(6)36-34-67(57-24-28-61(81)29-25-57)60(48-79)49-92-38-40-93(41-39-92)63-30-26-59(27-31-63)75(98)90-109(103,104)66-32-33-68(70(47-66)108(101,102)80(82,83)84)88-62(35-37-91-42-44-105-45-43-91)51-106-65-16-12-11-13-17-65/h11-13,16-17,20-33,47,53-54,62,64,69,74,88,95H,7-10,14-15,18-19,34-46,48-52H2,1-6H3,(H,85,96)(H,87,99)(H,89,97)(H,90,98)/t54-,62+,64+,69-,74+,79?/m0/s1. The maximum atomic E-state index is 14.4. The second-order valence-electron chi connectivity index (χ2n) is 30.4. The molecule has 4 aliphatic rings. The molecule has 21 nitrogen and oxygen atoms in total. The summed E-state index contributed by atoms with van der Waals surface area (Å²) in [5.74, 6) is -1.76. The second kappa shape index (κ2) is 37.7. The first-order chi connectivity index (χ1) is 51.8. The number of likely N-dealkylation sites (tertiary alicyclic amines) is 1. The van der Waals surface area contributed by atoms with Crippen LogP contribution in [0.25, 0.3) is 16.0 Å². The SMILES string of the molecule is Cc1ncsc1-c1ccc([C@H](C)NC(=O)[C@@H]2C[C@@H](O)CN2C(=O)[C@@H](NC(=O)CCCCCCCCC(=O)NCC2(C)CCC(c3ccc(Cl)cc3)=C(CN3CCN(c4ccc(C(=O)NS(=O)(=O)c5ccc(N[C@H](CCN6CCOCC6)CSc6ccccc6)c(S(=O)(=O)C(F)(F)F)c5)cc4)CC3)C2)C(C)(C)C)cc1. The van der Waals surface area contributed by atoms with E-state index in [2.05, 4.69) is 60.0 Å². The predicted molar refractivity (Wildman–Crippen MR) is 423 cm³/mol. The predicted octanol–water partition coefficient (Wildman–Crippen LogP) is 12.9. The van der Waals surface area contributed by atoms with Gasteiger partial charge in [0.1, 0.15) is 17.0 Å². The summed E-state index contributed by atoms with van der Waals surface area (Å²) in [6.07, 6.45) is 7.47. The number of thiazole rings is 1. The smallest absolute Gasteiger partial charge is 0.391 e. The van der Waals surface area contributed by atoms with Crippen LogP contribution >= 0.6 is 34.7 Å². The third kappa shape index (κ3) is 23.1. The number of aliphatic hydroxyl groups is 1. The fraction of sp³-hybridized carbons (Fsp3) is 0.500. The van der Waals surface area contributed by atoms with Crippen LogP contribution in [0.1, 0.15) is 151 Å². The first kappa shape index (κ1) is 84.0. The van der Waals surface area contributed by atoms with Gasteiger partial charge in [0.25, 0.3) is 25.8 Å². The Morgan fingerprint density at radius 1 is 0.789 bits per heavy atom. The number of carbonyl (C=O) groups is 5. The van der Waals surface area contributed by atoms with Crippen molar-refractivity contribution in [1.29, 1.82) is 0 Å². The van der Waals surface area contributed by atoms with E-state index in [4.69, 9.17) is 16.3 Å². The van der Waals surface area contributed by atoms with Crippen LogP contribution in [0.15, 0.2) is 147 Å². The molecule has 5 amide bonds. The van der Waals surface area contributed by atoms with Gasteiger partial charge in [-0.1, -0.05) is 125 Å². The number of thioether (sulfide) groups is 1. The number of hydrogen-bond donors (Lipinski definition) is 6. The molecule has 1 aliphatic carbocycles. The Morgan fingerprint density at radius 2 is 1.44 bits per heavy atom. The molecule has 6 N–H and O–H groups in total. The van der Waals surface area contributed by atoms with Crippen LogP contribution in [0, 0.1) is 17.8 Å². The highest BCUT2D eigenvalue weighted by Crippen LogP contribution is 2.44. The molecule has 3 fully saturated rings. The summed E-state index contributed by atoms with van der Waals surface area (Å²) in [4.78, 5) is 80.8. The van der Waals surface area contributed by atoms with Crippen molar-refractivity contribution in [1.82, 2.24) is 40.4 Å². The van der Waals surface area contributed by atoms with Gasteiger partial charge in [0, 0.05) is 118 Å². The number of sulfone groups is 1. The summed E-state index contributed by atoms with van der Waals surface area (Å²) in [6.45, 7) is 18.4. The van der Waals surface area contributed by atoms with E-state index in [-0.39, 0.29) is 54.1 Å². The van der Waals surface area contributed by atoms with Gasteiger partial charge in [-0.25, -0.2) is 26.5 Å². The molecule has 109 heavy (non-hydrogen) atoms. The minimum absolute atomic E-state index is 0.00295. The van der Waals surface area contributed by atoms with Crippen LogP contribution in [0.3, 0.4) is 0 Å². The van der Waals surface area contributed by atoms with Crippen molar-refractivity contribution in [2.24, 2.45) is 10.8 Å². The third-order valence-electron chi connectivity index (χ3n) is 20.9. The Kier molecular flexibility index (Phi) is 29.1. The van der Waals surface area contributed by atoms with Gasteiger partial charge in [-0.05, 0) is 152 Å². The van der Waals surface area contributed by atoms with Gasteiger partial charge in [0.05, 0.1) is 52.0 Å². The number of aromatic nitrogens is 1. The van der Waals surface area contributed by atoms with Gasteiger partial charge >= 0.3 is 5.51 Å². The number of aryl methyl sites for hydroxylation is 1. The van der Waals surface area contributed by atoms with Crippen LogP contribution < -0.4 is 30.9 Å². The largest absolute Gasteiger partial charge is 0.501 e. The molecule has 590 valence electrons. The number of hydrogen-bond acceptors (Lipinski definition) is 18. The van der Waals surface area contributed by atoms with Crippen molar-refractivity contribution in [3.05, 3.63) is 160 Å². The van der Waals surface area contributed by atoms with E-state index in [1.165, 1.54) is 39.9 Å². The molecule has 0 saturated carbocycles. The summed E-state index contributed by atoms with van der Waals surface area (Å²) < 4.78 is 105. The van der Waals surface area contributed by atoms with Gasteiger partial charge in [-0.2, -0.15) is 13.2 Å². The van der Waals surface area contributed by atoms with E-state index in [0.29, 0.717) is 108 Å². The Bertz CT molecular complexity index is 4370. The number of aliphatic hydroxyl groups excluding tert-OH is 1. The average Bonchev–Trinajstić information content (AvgIpc) is 1.25. The minimum atomic E-state index is -6.11. The number of halogens is 4. The molecule has 4 heterocycles. The van der Waals surface area contributed by atoms with Crippen LogP contribution in [-0.2, 0) is 43.8 Å². The van der Waals surface area contributed by atoms with E-state index in [1.807, 2.05) is 112 Å². The summed E-state index contributed by atoms with van der Waals surface area (Å²) in [6, 6.07) is 31.1. The number of sulfonamides is 1.